The summed E-state index contributed by atoms with van der Waals surface area (Å²) in [6, 6.07) is 0. The first kappa shape index (κ1) is 12.9. The molecule has 1 heterocycles. The minimum absolute atomic E-state index is 0.152. The number of piperidine rings is 1. The van der Waals surface area contributed by atoms with E-state index in [0.29, 0.717) is 6.54 Å². The first-order valence-electron chi connectivity index (χ1n) is 5.98. The molecule has 0 aromatic carbocycles. The van der Waals surface area contributed by atoms with Gasteiger partial charge in [0.15, 0.2) is 0 Å². The Balaban J connectivity index is 2.03. The van der Waals surface area contributed by atoms with Crippen LogP contribution in [0.4, 0.5) is 0 Å². The van der Waals surface area contributed by atoms with Gasteiger partial charge in [0.05, 0.1) is 12.7 Å². The highest BCUT2D eigenvalue weighted by atomic mass is 16.3. The Morgan fingerprint density at radius 2 is 2.07 bits per heavy atom. The van der Waals surface area contributed by atoms with Gasteiger partial charge in [-0.05, 0) is 44.9 Å². The SMILES string of the molecule is CCN1CCC(CNC[C@H](O)CO)CC1. The molecule has 1 aliphatic heterocycles. The second-order valence-electron chi connectivity index (χ2n) is 4.37. The molecule has 0 aromatic rings. The van der Waals surface area contributed by atoms with Gasteiger partial charge in [0.2, 0.25) is 0 Å². The van der Waals surface area contributed by atoms with Gasteiger partial charge in [0.25, 0.3) is 0 Å². The highest BCUT2D eigenvalue weighted by Crippen LogP contribution is 2.15. The smallest absolute Gasteiger partial charge is 0.0894 e. The third kappa shape index (κ3) is 4.93. The molecule has 90 valence electrons. The molecular weight excluding hydrogens is 192 g/mol. The predicted molar refractivity (Wildman–Crippen MR) is 60.8 cm³/mol. The third-order valence-corrected chi connectivity index (χ3v) is 3.18. The molecule has 0 unspecified atom stereocenters. The fourth-order valence-corrected chi connectivity index (χ4v) is 2.03. The lowest BCUT2D eigenvalue weighted by molar-refractivity contribution is 0.0920. The Bertz CT molecular complexity index is 159. The molecule has 1 fully saturated rings. The summed E-state index contributed by atoms with van der Waals surface area (Å²) in [5.74, 6) is 0.735. The minimum atomic E-state index is -0.610. The van der Waals surface area contributed by atoms with Gasteiger partial charge in [-0.15, -0.1) is 0 Å². The third-order valence-electron chi connectivity index (χ3n) is 3.18. The van der Waals surface area contributed by atoms with Crippen LogP contribution >= 0.6 is 0 Å². The highest BCUT2D eigenvalue weighted by Gasteiger charge is 2.17. The van der Waals surface area contributed by atoms with E-state index in [2.05, 4.69) is 17.1 Å². The zero-order valence-electron chi connectivity index (χ0n) is 9.65. The number of aliphatic hydroxyl groups excluding tert-OH is 2. The van der Waals surface area contributed by atoms with Crippen molar-refractivity contribution in [2.24, 2.45) is 5.92 Å². The van der Waals surface area contributed by atoms with Crippen molar-refractivity contribution >= 4 is 0 Å². The zero-order chi connectivity index (χ0) is 11.1. The average molecular weight is 216 g/mol. The summed E-state index contributed by atoms with van der Waals surface area (Å²) < 4.78 is 0. The molecule has 0 radical (unpaired) electrons. The molecule has 0 aliphatic carbocycles. The van der Waals surface area contributed by atoms with Gasteiger partial charge in [0.1, 0.15) is 0 Å². The van der Waals surface area contributed by atoms with Crippen LogP contribution in [0.25, 0.3) is 0 Å². The molecule has 4 nitrogen and oxygen atoms in total. The maximum atomic E-state index is 9.15. The van der Waals surface area contributed by atoms with Crippen LogP contribution in [0.5, 0.6) is 0 Å². The second-order valence-corrected chi connectivity index (χ2v) is 4.37. The summed E-state index contributed by atoms with van der Waals surface area (Å²) >= 11 is 0. The molecule has 15 heavy (non-hydrogen) atoms. The number of hydrogen-bond donors (Lipinski definition) is 3. The van der Waals surface area contributed by atoms with Crippen molar-refractivity contribution in [1.29, 1.82) is 0 Å². The first-order chi connectivity index (χ1) is 7.26. The van der Waals surface area contributed by atoms with E-state index in [1.54, 1.807) is 0 Å². The van der Waals surface area contributed by atoms with Crippen molar-refractivity contribution in [3.05, 3.63) is 0 Å². The summed E-state index contributed by atoms with van der Waals surface area (Å²) in [6.45, 7) is 7.08. The number of nitrogens with zero attached hydrogens (tertiary/aromatic N) is 1. The molecule has 1 atom stereocenters. The Morgan fingerprint density at radius 1 is 1.40 bits per heavy atom. The number of rotatable bonds is 6. The van der Waals surface area contributed by atoms with E-state index in [4.69, 9.17) is 10.2 Å². The number of nitrogens with one attached hydrogen (secondary N) is 1. The Labute approximate surface area is 92.3 Å². The highest BCUT2D eigenvalue weighted by molar-refractivity contribution is 4.73. The van der Waals surface area contributed by atoms with Crippen LogP contribution in [0.3, 0.4) is 0 Å². The molecule has 4 heteroatoms. The van der Waals surface area contributed by atoms with E-state index in [0.717, 1.165) is 19.0 Å². The maximum Gasteiger partial charge on any atom is 0.0894 e. The summed E-state index contributed by atoms with van der Waals surface area (Å²) in [5.41, 5.74) is 0. The van der Waals surface area contributed by atoms with Crippen LogP contribution in [-0.2, 0) is 0 Å². The van der Waals surface area contributed by atoms with Gasteiger partial charge in [-0.2, -0.15) is 0 Å². The van der Waals surface area contributed by atoms with Gasteiger partial charge in [0, 0.05) is 6.54 Å². The average Bonchev–Trinajstić information content (AvgIpc) is 2.29. The van der Waals surface area contributed by atoms with Crippen LogP contribution in [0.15, 0.2) is 0 Å². The lowest BCUT2D eigenvalue weighted by Gasteiger charge is -2.31. The topological polar surface area (TPSA) is 55.7 Å². The van der Waals surface area contributed by atoms with Gasteiger partial charge in [-0.1, -0.05) is 6.92 Å². The van der Waals surface area contributed by atoms with Crippen molar-refractivity contribution in [2.45, 2.75) is 25.9 Å². The monoisotopic (exact) mass is 216 g/mol. The molecule has 1 saturated heterocycles. The quantitative estimate of drug-likeness (QED) is 0.569. The van der Waals surface area contributed by atoms with Gasteiger partial charge < -0.3 is 20.4 Å². The standard InChI is InChI=1S/C11H24N2O2/c1-2-13-5-3-10(4-6-13)7-12-8-11(15)9-14/h10-12,14-15H,2-9H2,1H3/t11-/m0/s1. The van der Waals surface area contributed by atoms with Crippen molar-refractivity contribution < 1.29 is 10.2 Å². The normalized spacial score (nSPS) is 21.8. The van der Waals surface area contributed by atoms with Crippen molar-refractivity contribution in [3.63, 3.8) is 0 Å². The predicted octanol–water partition coefficient (Wildman–Crippen LogP) is -0.339. The summed E-state index contributed by atoms with van der Waals surface area (Å²) in [4.78, 5) is 2.47. The van der Waals surface area contributed by atoms with Crippen LogP contribution < -0.4 is 5.32 Å². The van der Waals surface area contributed by atoms with E-state index < -0.39 is 6.10 Å². The van der Waals surface area contributed by atoms with Crippen molar-refractivity contribution in [2.75, 3.05) is 39.3 Å². The molecule has 0 aromatic heterocycles. The Hall–Kier alpha value is -0.160. The van der Waals surface area contributed by atoms with Crippen LogP contribution in [-0.4, -0.2) is 60.5 Å². The summed E-state index contributed by atoms with van der Waals surface area (Å²) in [6.07, 6.45) is 1.88. The van der Waals surface area contributed by atoms with Crippen molar-refractivity contribution in [3.8, 4) is 0 Å². The maximum absolute atomic E-state index is 9.15. The van der Waals surface area contributed by atoms with Gasteiger partial charge >= 0.3 is 0 Å². The summed E-state index contributed by atoms with van der Waals surface area (Å²) in [5, 5.41) is 21.0. The first-order valence-corrected chi connectivity index (χ1v) is 5.98. The lowest BCUT2D eigenvalue weighted by Crippen LogP contribution is -2.39. The van der Waals surface area contributed by atoms with Crippen molar-refractivity contribution in [1.82, 2.24) is 10.2 Å². The molecule has 1 rings (SSSR count). The summed E-state index contributed by atoms with van der Waals surface area (Å²) in [7, 11) is 0. The van der Waals surface area contributed by atoms with E-state index in [1.807, 2.05) is 0 Å². The Morgan fingerprint density at radius 3 is 2.60 bits per heavy atom. The van der Waals surface area contributed by atoms with Gasteiger partial charge in [-0.3, -0.25) is 0 Å². The largest absolute Gasteiger partial charge is 0.394 e. The zero-order valence-corrected chi connectivity index (χ0v) is 9.65. The molecule has 0 amide bonds. The van der Waals surface area contributed by atoms with E-state index in [1.165, 1.54) is 25.9 Å². The number of likely N-dealkylation sites (tertiary alicyclic amines) is 1. The Kier molecular flexibility index (Phi) is 6.17. The van der Waals surface area contributed by atoms with Crippen LogP contribution in [0, 0.1) is 5.92 Å². The second kappa shape index (κ2) is 7.17. The van der Waals surface area contributed by atoms with E-state index in [9.17, 15) is 0 Å². The molecule has 1 aliphatic rings. The fourth-order valence-electron chi connectivity index (χ4n) is 2.03. The van der Waals surface area contributed by atoms with E-state index >= 15 is 0 Å². The van der Waals surface area contributed by atoms with E-state index in [-0.39, 0.29) is 6.61 Å². The lowest BCUT2D eigenvalue weighted by atomic mass is 9.97. The van der Waals surface area contributed by atoms with Crippen LogP contribution in [0.1, 0.15) is 19.8 Å². The number of aliphatic hydroxyl groups is 2. The number of hydrogen-bond acceptors (Lipinski definition) is 4. The fraction of sp³-hybridized carbons (Fsp3) is 1.00. The molecule has 0 spiro atoms. The van der Waals surface area contributed by atoms with Gasteiger partial charge in [-0.25, -0.2) is 0 Å². The van der Waals surface area contributed by atoms with Crippen LogP contribution in [0.2, 0.25) is 0 Å². The molecule has 3 N–H and O–H groups in total. The molecular formula is C11H24N2O2. The molecule has 0 bridgehead atoms. The molecule has 0 saturated carbocycles. The minimum Gasteiger partial charge on any atom is -0.394 e.